The van der Waals surface area contributed by atoms with E-state index in [4.69, 9.17) is 0 Å². The Balaban J connectivity index is 1.88. The van der Waals surface area contributed by atoms with Gasteiger partial charge in [0.1, 0.15) is 11.4 Å². The zero-order valence-electron chi connectivity index (χ0n) is 13.2. The highest BCUT2D eigenvalue weighted by Crippen LogP contribution is 2.19. The Morgan fingerprint density at radius 3 is 2.96 bits per heavy atom. The standard InChI is InChI=1S/C17H21N5O/c1-3-4-9-13-11(2)20-16(22-13)14-15(19-10-18-14)17(23)21-12-7-5-6-8-12/h3-4,9-10,12H,2,5-8H2,1H3,(H,18,19)(H,20,22)(H,21,23)/b4-3-,13-9+. The molecule has 2 aromatic heterocycles. The van der Waals surface area contributed by atoms with Crippen LogP contribution >= 0.6 is 0 Å². The Morgan fingerprint density at radius 2 is 2.22 bits per heavy atom. The lowest BCUT2D eigenvalue weighted by atomic mass is 10.2. The van der Waals surface area contributed by atoms with Gasteiger partial charge in [-0.2, -0.15) is 0 Å². The first-order valence-electron chi connectivity index (χ1n) is 7.91. The topological polar surface area (TPSA) is 86.5 Å². The summed E-state index contributed by atoms with van der Waals surface area (Å²) in [5.41, 5.74) is 0.953. The number of aromatic nitrogens is 4. The Kier molecular flexibility index (Phi) is 4.41. The first kappa shape index (κ1) is 15.3. The van der Waals surface area contributed by atoms with Crippen LogP contribution in [0.1, 0.15) is 43.1 Å². The highest BCUT2D eigenvalue weighted by molar-refractivity contribution is 5.97. The molecule has 0 bridgehead atoms. The molecule has 0 radical (unpaired) electrons. The lowest BCUT2D eigenvalue weighted by Crippen LogP contribution is -2.33. The van der Waals surface area contributed by atoms with Gasteiger partial charge < -0.3 is 15.3 Å². The summed E-state index contributed by atoms with van der Waals surface area (Å²) in [4.78, 5) is 27.2. The maximum atomic E-state index is 12.5. The largest absolute Gasteiger partial charge is 0.348 e. The number of carbonyl (C=O) groups excluding carboxylic acids is 1. The van der Waals surface area contributed by atoms with Gasteiger partial charge >= 0.3 is 0 Å². The van der Waals surface area contributed by atoms with E-state index in [1.165, 1.54) is 19.2 Å². The highest BCUT2D eigenvalue weighted by Gasteiger charge is 2.22. The lowest BCUT2D eigenvalue weighted by molar-refractivity contribution is 0.0934. The predicted octanol–water partition coefficient (Wildman–Crippen LogP) is 1.24. The van der Waals surface area contributed by atoms with Crippen LogP contribution < -0.4 is 16.0 Å². The van der Waals surface area contributed by atoms with Crippen LogP contribution in [-0.2, 0) is 0 Å². The van der Waals surface area contributed by atoms with Crippen LogP contribution in [0.3, 0.4) is 0 Å². The highest BCUT2D eigenvalue weighted by atomic mass is 16.2. The molecule has 0 atom stereocenters. The summed E-state index contributed by atoms with van der Waals surface area (Å²) in [6.45, 7) is 5.88. The molecule has 6 heteroatoms. The molecule has 1 aliphatic carbocycles. The quantitative estimate of drug-likeness (QED) is 0.794. The fourth-order valence-electron chi connectivity index (χ4n) is 2.83. The molecule has 0 unspecified atom stereocenters. The molecule has 0 spiro atoms. The van der Waals surface area contributed by atoms with Gasteiger partial charge in [-0.3, -0.25) is 4.79 Å². The molecule has 120 valence electrons. The number of amides is 1. The van der Waals surface area contributed by atoms with E-state index >= 15 is 0 Å². The minimum Gasteiger partial charge on any atom is -0.348 e. The Labute approximate surface area is 134 Å². The van der Waals surface area contributed by atoms with Crippen molar-refractivity contribution in [3.8, 4) is 11.5 Å². The van der Waals surface area contributed by atoms with Crippen molar-refractivity contribution in [1.29, 1.82) is 0 Å². The van der Waals surface area contributed by atoms with Crippen LogP contribution in [0.2, 0.25) is 0 Å². The number of imidazole rings is 2. The number of H-pyrrole nitrogens is 2. The van der Waals surface area contributed by atoms with E-state index in [-0.39, 0.29) is 11.9 Å². The fourth-order valence-corrected chi connectivity index (χ4v) is 2.83. The van der Waals surface area contributed by atoms with E-state index in [9.17, 15) is 4.79 Å². The summed E-state index contributed by atoms with van der Waals surface area (Å²) in [5, 5.41) is 4.50. The number of carbonyl (C=O) groups is 1. The Morgan fingerprint density at radius 1 is 1.43 bits per heavy atom. The molecule has 6 nitrogen and oxygen atoms in total. The van der Waals surface area contributed by atoms with Crippen LogP contribution in [-0.4, -0.2) is 31.9 Å². The third-order valence-corrected chi connectivity index (χ3v) is 4.04. The summed E-state index contributed by atoms with van der Waals surface area (Å²) < 4.78 is 0. The maximum Gasteiger partial charge on any atom is 0.270 e. The van der Waals surface area contributed by atoms with Gasteiger partial charge in [0, 0.05) is 6.04 Å². The van der Waals surface area contributed by atoms with Crippen LogP contribution in [0.4, 0.5) is 0 Å². The molecule has 2 heterocycles. The smallest absolute Gasteiger partial charge is 0.270 e. The minimum absolute atomic E-state index is 0.134. The van der Waals surface area contributed by atoms with Crippen LogP contribution in [0, 0.1) is 0 Å². The molecule has 1 amide bonds. The van der Waals surface area contributed by atoms with Gasteiger partial charge in [0.25, 0.3) is 5.91 Å². The molecule has 0 aliphatic heterocycles. The SMILES string of the molecule is C=c1[nH]c(-c2nc[nH]c2C(=O)NC2CCCC2)n/c1=C/C=C\C. The number of allylic oxidation sites excluding steroid dienone is 2. The number of nitrogens with one attached hydrogen (secondary N) is 3. The number of nitrogens with zero attached hydrogens (tertiary/aromatic N) is 2. The molecule has 1 fully saturated rings. The van der Waals surface area contributed by atoms with Crippen molar-refractivity contribution >= 4 is 18.6 Å². The van der Waals surface area contributed by atoms with E-state index in [2.05, 4.69) is 31.8 Å². The van der Waals surface area contributed by atoms with Gasteiger partial charge in [0.05, 0.1) is 17.0 Å². The molecular weight excluding hydrogens is 290 g/mol. The van der Waals surface area contributed by atoms with Crippen molar-refractivity contribution in [2.24, 2.45) is 0 Å². The molecule has 3 N–H and O–H groups in total. The van der Waals surface area contributed by atoms with Gasteiger partial charge in [-0.1, -0.05) is 31.6 Å². The van der Waals surface area contributed by atoms with Crippen molar-refractivity contribution in [1.82, 2.24) is 25.3 Å². The van der Waals surface area contributed by atoms with Crippen LogP contribution in [0.5, 0.6) is 0 Å². The summed E-state index contributed by atoms with van der Waals surface area (Å²) in [7, 11) is 0. The Hall–Kier alpha value is -2.63. The van der Waals surface area contributed by atoms with Crippen molar-refractivity contribution in [2.45, 2.75) is 38.6 Å². The van der Waals surface area contributed by atoms with Crippen molar-refractivity contribution < 1.29 is 4.79 Å². The molecular formula is C17H21N5O. The number of aromatic amines is 2. The Bertz CT molecular complexity index is 824. The fraction of sp³-hybridized carbons (Fsp3) is 0.353. The number of hydrogen-bond acceptors (Lipinski definition) is 3. The normalized spacial score (nSPS) is 16.5. The summed E-state index contributed by atoms with van der Waals surface area (Å²) >= 11 is 0. The molecule has 2 aromatic rings. The van der Waals surface area contributed by atoms with Gasteiger partial charge in [0.15, 0.2) is 5.82 Å². The van der Waals surface area contributed by atoms with E-state index in [0.717, 1.165) is 18.2 Å². The molecule has 0 saturated heterocycles. The van der Waals surface area contributed by atoms with Gasteiger partial charge in [0.2, 0.25) is 0 Å². The average Bonchev–Trinajstić information content (AvgIpc) is 3.25. The molecule has 0 aromatic carbocycles. The number of hydrogen-bond donors (Lipinski definition) is 3. The van der Waals surface area contributed by atoms with E-state index in [1.54, 1.807) is 0 Å². The molecule has 1 saturated carbocycles. The van der Waals surface area contributed by atoms with Crippen molar-refractivity contribution in [2.75, 3.05) is 0 Å². The van der Waals surface area contributed by atoms with Gasteiger partial charge in [-0.05, 0) is 25.8 Å². The second-order valence-corrected chi connectivity index (χ2v) is 5.72. The molecule has 3 rings (SSSR count). The third kappa shape index (κ3) is 3.26. The van der Waals surface area contributed by atoms with Gasteiger partial charge in [-0.25, -0.2) is 9.97 Å². The van der Waals surface area contributed by atoms with Crippen LogP contribution in [0.25, 0.3) is 24.2 Å². The summed E-state index contributed by atoms with van der Waals surface area (Å²) in [5.74, 6) is 0.411. The maximum absolute atomic E-state index is 12.5. The first-order valence-corrected chi connectivity index (χ1v) is 7.91. The second kappa shape index (κ2) is 6.64. The zero-order valence-corrected chi connectivity index (χ0v) is 13.2. The van der Waals surface area contributed by atoms with Gasteiger partial charge in [-0.15, -0.1) is 0 Å². The summed E-state index contributed by atoms with van der Waals surface area (Å²) in [6, 6.07) is 0.261. The molecule has 23 heavy (non-hydrogen) atoms. The monoisotopic (exact) mass is 311 g/mol. The van der Waals surface area contributed by atoms with E-state index < -0.39 is 0 Å². The predicted molar refractivity (Wildman–Crippen MR) is 89.9 cm³/mol. The van der Waals surface area contributed by atoms with E-state index in [0.29, 0.717) is 22.6 Å². The van der Waals surface area contributed by atoms with E-state index in [1.807, 2.05) is 25.2 Å². The van der Waals surface area contributed by atoms with Crippen molar-refractivity contribution in [3.63, 3.8) is 0 Å². The van der Waals surface area contributed by atoms with Crippen molar-refractivity contribution in [3.05, 3.63) is 34.9 Å². The average molecular weight is 311 g/mol. The lowest BCUT2D eigenvalue weighted by Gasteiger charge is -2.11. The first-order chi connectivity index (χ1) is 11.2. The van der Waals surface area contributed by atoms with Crippen LogP contribution in [0.15, 0.2) is 18.5 Å². The number of rotatable bonds is 4. The molecule has 1 aliphatic rings. The second-order valence-electron chi connectivity index (χ2n) is 5.72. The third-order valence-electron chi connectivity index (χ3n) is 4.04. The minimum atomic E-state index is -0.134. The zero-order chi connectivity index (χ0) is 16.2. The summed E-state index contributed by atoms with van der Waals surface area (Å²) in [6.07, 6.45) is 11.6.